The minimum atomic E-state index is -3.13. The zero-order valence-corrected chi connectivity index (χ0v) is 10.9. The second kappa shape index (κ2) is 4.92. The summed E-state index contributed by atoms with van der Waals surface area (Å²) in [6, 6.07) is 3.93. The Bertz CT molecular complexity index is 677. The van der Waals surface area contributed by atoms with E-state index >= 15 is 0 Å². The van der Waals surface area contributed by atoms with E-state index in [-0.39, 0.29) is 23.8 Å². The predicted octanol–water partition coefficient (Wildman–Crippen LogP) is 0.106. The molecule has 1 heterocycles. The van der Waals surface area contributed by atoms with Crippen molar-refractivity contribution >= 4 is 15.5 Å². The van der Waals surface area contributed by atoms with Gasteiger partial charge in [0.15, 0.2) is 5.82 Å². The summed E-state index contributed by atoms with van der Waals surface area (Å²) >= 11 is 0. The van der Waals surface area contributed by atoms with Gasteiger partial charge in [-0.3, -0.25) is 0 Å². The molecular weight excluding hydrogens is 273 g/mol. The van der Waals surface area contributed by atoms with Crippen LogP contribution in [0, 0.1) is 5.82 Å². The van der Waals surface area contributed by atoms with Crippen molar-refractivity contribution < 1.29 is 12.8 Å². The quantitative estimate of drug-likeness (QED) is 0.799. The summed E-state index contributed by atoms with van der Waals surface area (Å²) < 4.78 is 36.8. The van der Waals surface area contributed by atoms with E-state index in [2.05, 4.69) is 15.5 Å². The Labute approximate surface area is 109 Å². The molecule has 9 heteroatoms. The van der Waals surface area contributed by atoms with E-state index in [0.717, 1.165) is 6.26 Å². The van der Waals surface area contributed by atoms with E-state index in [4.69, 9.17) is 5.73 Å². The minimum Gasteiger partial charge on any atom is -0.399 e. The van der Waals surface area contributed by atoms with Crippen molar-refractivity contribution in [1.29, 1.82) is 0 Å². The highest BCUT2D eigenvalue weighted by molar-refractivity contribution is 7.90. The van der Waals surface area contributed by atoms with E-state index in [1.54, 1.807) is 0 Å². The zero-order valence-electron chi connectivity index (χ0n) is 10.1. The van der Waals surface area contributed by atoms with Gasteiger partial charge in [-0.1, -0.05) is 0 Å². The molecular formula is C10H12FN5O2S. The number of nitrogens with zero attached hydrogens (tertiary/aromatic N) is 4. The molecule has 0 aliphatic heterocycles. The first-order valence-electron chi connectivity index (χ1n) is 5.35. The minimum absolute atomic E-state index is 0.0948. The number of sulfone groups is 1. The first-order valence-corrected chi connectivity index (χ1v) is 7.41. The Balaban J connectivity index is 2.33. The lowest BCUT2D eigenvalue weighted by atomic mass is 10.2. The Morgan fingerprint density at radius 2 is 2.11 bits per heavy atom. The monoisotopic (exact) mass is 285 g/mol. The van der Waals surface area contributed by atoms with E-state index in [1.165, 1.54) is 22.9 Å². The maximum Gasteiger partial charge on any atom is 0.182 e. The van der Waals surface area contributed by atoms with Gasteiger partial charge in [-0.15, -0.1) is 5.10 Å². The summed E-state index contributed by atoms with van der Waals surface area (Å²) in [5.74, 6) is -0.335. The maximum absolute atomic E-state index is 13.3. The standard InChI is InChI=1S/C10H12FN5O2S/c1-19(17,18)3-2-16-10(13-14-15-16)7-4-8(11)6-9(12)5-7/h4-6H,2-3,12H2,1H3. The van der Waals surface area contributed by atoms with E-state index < -0.39 is 15.7 Å². The van der Waals surface area contributed by atoms with Crippen LogP contribution in [-0.4, -0.2) is 40.6 Å². The molecule has 2 rings (SSSR count). The molecule has 2 N–H and O–H groups in total. The average molecular weight is 285 g/mol. The van der Waals surface area contributed by atoms with Crippen LogP contribution in [0.25, 0.3) is 11.4 Å². The molecule has 102 valence electrons. The summed E-state index contributed by atoms with van der Waals surface area (Å²) in [7, 11) is -3.13. The summed E-state index contributed by atoms with van der Waals surface area (Å²) in [6.45, 7) is 0.0948. The van der Waals surface area contributed by atoms with Crippen LogP contribution in [0.1, 0.15) is 0 Å². The fourth-order valence-corrected chi connectivity index (χ4v) is 2.06. The van der Waals surface area contributed by atoms with Gasteiger partial charge in [-0.2, -0.15) is 0 Å². The summed E-state index contributed by atoms with van der Waals surface area (Å²) in [6.07, 6.45) is 1.12. The highest BCUT2D eigenvalue weighted by Gasteiger charge is 2.12. The van der Waals surface area contributed by atoms with Crippen LogP contribution in [0.2, 0.25) is 0 Å². The van der Waals surface area contributed by atoms with Crippen LogP contribution in [0.4, 0.5) is 10.1 Å². The Morgan fingerprint density at radius 1 is 1.37 bits per heavy atom. The third kappa shape index (κ3) is 3.47. The molecule has 0 amide bonds. The van der Waals surface area contributed by atoms with E-state index in [9.17, 15) is 12.8 Å². The zero-order chi connectivity index (χ0) is 14.0. The molecule has 0 radical (unpaired) electrons. The number of aryl methyl sites for hydroxylation is 1. The van der Waals surface area contributed by atoms with E-state index in [0.29, 0.717) is 5.56 Å². The van der Waals surface area contributed by atoms with Gasteiger partial charge in [0.25, 0.3) is 0 Å². The summed E-state index contributed by atoms with van der Waals surface area (Å²) in [5.41, 5.74) is 6.19. The molecule has 0 unspecified atom stereocenters. The molecule has 19 heavy (non-hydrogen) atoms. The largest absolute Gasteiger partial charge is 0.399 e. The van der Waals surface area contributed by atoms with Crippen molar-refractivity contribution in [2.24, 2.45) is 0 Å². The third-order valence-corrected chi connectivity index (χ3v) is 3.31. The van der Waals surface area contributed by atoms with Crippen molar-refractivity contribution in [3.05, 3.63) is 24.0 Å². The lowest BCUT2D eigenvalue weighted by molar-refractivity contribution is 0.581. The van der Waals surface area contributed by atoms with Crippen LogP contribution >= 0.6 is 0 Å². The molecule has 0 atom stereocenters. The molecule has 0 bridgehead atoms. The van der Waals surface area contributed by atoms with Gasteiger partial charge in [0.05, 0.1) is 12.3 Å². The molecule has 7 nitrogen and oxygen atoms in total. The second-order valence-corrected chi connectivity index (χ2v) is 6.39. The molecule has 0 spiro atoms. The lowest BCUT2D eigenvalue weighted by Crippen LogP contribution is -2.13. The second-order valence-electron chi connectivity index (χ2n) is 4.13. The van der Waals surface area contributed by atoms with Gasteiger partial charge in [-0.25, -0.2) is 17.5 Å². The number of benzene rings is 1. The maximum atomic E-state index is 13.3. The molecule has 0 fully saturated rings. The number of hydrogen-bond donors (Lipinski definition) is 1. The van der Waals surface area contributed by atoms with Crippen molar-refractivity contribution in [1.82, 2.24) is 20.2 Å². The van der Waals surface area contributed by atoms with Crippen molar-refractivity contribution in [2.45, 2.75) is 6.54 Å². The van der Waals surface area contributed by atoms with Gasteiger partial charge < -0.3 is 5.73 Å². The predicted molar refractivity (Wildman–Crippen MR) is 67.3 cm³/mol. The molecule has 2 aromatic rings. The van der Waals surface area contributed by atoms with Crippen LogP contribution in [0.15, 0.2) is 18.2 Å². The molecule has 1 aromatic heterocycles. The molecule has 0 saturated heterocycles. The number of anilines is 1. The number of hydrogen-bond acceptors (Lipinski definition) is 6. The Hall–Kier alpha value is -2.03. The number of nitrogens with two attached hydrogens (primary N) is 1. The van der Waals surface area contributed by atoms with Crippen LogP contribution in [0.5, 0.6) is 0 Å². The SMILES string of the molecule is CS(=O)(=O)CCn1nnnc1-c1cc(N)cc(F)c1. The Kier molecular flexibility index (Phi) is 3.47. The number of rotatable bonds is 4. The fraction of sp³-hybridized carbons (Fsp3) is 0.300. The fourth-order valence-electron chi connectivity index (χ4n) is 1.56. The van der Waals surface area contributed by atoms with Crippen LogP contribution in [0.3, 0.4) is 0 Å². The van der Waals surface area contributed by atoms with Crippen molar-refractivity contribution in [2.75, 3.05) is 17.7 Å². The van der Waals surface area contributed by atoms with Crippen molar-refractivity contribution in [3.63, 3.8) is 0 Å². The van der Waals surface area contributed by atoms with Crippen LogP contribution in [-0.2, 0) is 16.4 Å². The normalized spacial score (nSPS) is 11.7. The highest BCUT2D eigenvalue weighted by atomic mass is 32.2. The Morgan fingerprint density at radius 3 is 2.74 bits per heavy atom. The number of tetrazole rings is 1. The first kappa shape index (κ1) is 13.4. The smallest absolute Gasteiger partial charge is 0.182 e. The molecule has 0 aliphatic rings. The van der Waals surface area contributed by atoms with Gasteiger partial charge in [-0.05, 0) is 28.6 Å². The van der Waals surface area contributed by atoms with Crippen LogP contribution < -0.4 is 5.73 Å². The van der Waals surface area contributed by atoms with Gasteiger partial charge in [0.1, 0.15) is 15.7 Å². The molecule has 1 aromatic carbocycles. The summed E-state index contributed by atoms with van der Waals surface area (Å²) in [4.78, 5) is 0. The summed E-state index contributed by atoms with van der Waals surface area (Å²) in [5, 5.41) is 10.9. The van der Waals surface area contributed by atoms with Gasteiger partial charge in [0, 0.05) is 17.5 Å². The van der Waals surface area contributed by atoms with Crippen molar-refractivity contribution in [3.8, 4) is 11.4 Å². The highest BCUT2D eigenvalue weighted by Crippen LogP contribution is 2.20. The van der Waals surface area contributed by atoms with Gasteiger partial charge >= 0.3 is 0 Å². The topological polar surface area (TPSA) is 104 Å². The number of aromatic nitrogens is 4. The number of halogens is 1. The third-order valence-electron chi connectivity index (χ3n) is 2.38. The lowest BCUT2D eigenvalue weighted by Gasteiger charge is -2.05. The number of nitrogen functional groups attached to an aromatic ring is 1. The van der Waals surface area contributed by atoms with Gasteiger partial charge in [0.2, 0.25) is 0 Å². The molecule has 0 aliphatic carbocycles. The molecule has 0 saturated carbocycles. The first-order chi connectivity index (χ1) is 8.85. The average Bonchev–Trinajstić information content (AvgIpc) is 2.72. The van der Waals surface area contributed by atoms with E-state index in [1.807, 2.05) is 0 Å².